The summed E-state index contributed by atoms with van der Waals surface area (Å²) < 4.78 is 7.84. The monoisotopic (exact) mass is 273 g/mol. The molecule has 1 heterocycles. The van der Waals surface area contributed by atoms with Gasteiger partial charge in [-0.1, -0.05) is 19.1 Å². The van der Waals surface area contributed by atoms with Crippen molar-refractivity contribution in [1.29, 1.82) is 0 Å². The first-order chi connectivity index (χ1) is 9.61. The predicted octanol–water partition coefficient (Wildman–Crippen LogP) is 3.33. The molecule has 0 amide bonds. The average Bonchev–Trinajstić information content (AvgIpc) is 2.66. The molecular formula is C16H23N3O. The van der Waals surface area contributed by atoms with Crippen molar-refractivity contribution in [2.75, 3.05) is 6.54 Å². The number of aromatic nitrogens is 2. The van der Waals surface area contributed by atoms with Crippen LogP contribution in [-0.4, -0.2) is 16.3 Å². The Morgan fingerprint density at radius 3 is 2.75 bits per heavy atom. The van der Waals surface area contributed by atoms with Crippen molar-refractivity contribution in [2.45, 2.75) is 33.7 Å². The van der Waals surface area contributed by atoms with Crippen LogP contribution in [0.2, 0.25) is 0 Å². The molecule has 0 saturated heterocycles. The molecule has 0 aliphatic carbocycles. The maximum absolute atomic E-state index is 6.00. The first-order valence-electron chi connectivity index (χ1n) is 7.09. The maximum atomic E-state index is 6.00. The van der Waals surface area contributed by atoms with Crippen LogP contribution in [0.15, 0.2) is 24.3 Å². The standard InChI is InChI=1S/C16H23N3O/c1-5-9-17-11-14-7-6-8-15(10-14)20-16-12(2)18-19(4)13(16)3/h6-8,10,17H,5,9,11H2,1-4H3. The van der Waals surface area contributed by atoms with Crippen molar-refractivity contribution in [1.82, 2.24) is 15.1 Å². The van der Waals surface area contributed by atoms with E-state index in [1.54, 1.807) is 0 Å². The zero-order valence-corrected chi connectivity index (χ0v) is 12.7. The Bertz CT molecular complexity index is 575. The van der Waals surface area contributed by atoms with Crippen LogP contribution in [0.25, 0.3) is 0 Å². The third-order valence-electron chi connectivity index (χ3n) is 3.32. The van der Waals surface area contributed by atoms with E-state index in [0.717, 1.165) is 42.4 Å². The summed E-state index contributed by atoms with van der Waals surface area (Å²) in [7, 11) is 1.93. The zero-order valence-electron chi connectivity index (χ0n) is 12.7. The molecular weight excluding hydrogens is 250 g/mol. The summed E-state index contributed by atoms with van der Waals surface area (Å²) in [5.41, 5.74) is 3.19. The van der Waals surface area contributed by atoms with E-state index in [-0.39, 0.29) is 0 Å². The Balaban J connectivity index is 2.11. The van der Waals surface area contributed by atoms with Crippen LogP contribution in [0, 0.1) is 13.8 Å². The van der Waals surface area contributed by atoms with Gasteiger partial charge in [-0.2, -0.15) is 5.10 Å². The summed E-state index contributed by atoms with van der Waals surface area (Å²) in [6, 6.07) is 8.20. The molecule has 2 aromatic rings. The van der Waals surface area contributed by atoms with Gasteiger partial charge in [-0.15, -0.1) is 0 Å². The Morgan fingerprint density at radius 1 is 1.30 bits per heavy atom. The molecule has 20 heavy (non-hydrogen) atoms. The maximum Gasteiger partial charge on any atom is 0.171 e. The van der Waals surface area contributed by atoms with E-state index in [2.05, 4.69) is 29.5 Å². The lowest BCUT2D eigenvalue weighted by Crippen LogP contribution is -2.13. The van der Waals surface area contributed by atoms with Gasteiger partial charge in [0, 0.05) is 13.6 Å². The Hall–Kier alpha value is -1.81. The van der Waals surface area contributed by atoms with Gasteiger partial charge in [0.15, 0.2) is 5.75 Å². The highest BCUT2D eigenvalue weighted by Crippen LogP contribution is 2.28. The molecule has 1 N–H and O–H groups in total. The number of nitrogens with one attached hydrogen (secondary N) is 1. The fourth-order valence-corrected chi connectivity index (χ4v) is 2.15. The molecule has 2 rings (SSSR count). The van der Waals surface area contributed by atoms with Crippen molar-refractivity contribution in [2.24, 2.45) is 7.05 Å². The minimum atomic E-state index is 0.853. The first-order valence-corrected chi connectivity index (χ1v) is 7.09. The number of hydrogen-bond acceptors (Lipinski definition) is 3. The minimum absolute atomic E-state index is 0.853. The van der Waals surface area contributed by atoms with Crippen LogP contribution < -0.4 is 10.1 Å². The Kier molecular flexibility index (Phi) is 4.79. The molecule has 0 radical (unpaired) electrons. The molecule has 0 unspecified atom stereocenters. The average molecular weight is 273 g/mol. The van der Waals surface area contributed by atoms with Crippen molar-refractivity contribution in [3.05, 3.63) is 41.2 Å². The molecule has 1 aromatic carbocycles. The molecule has 0 aliphatic heterocycles. The lowest BCUT2D eigenvalue weighted by Gasteiger charge is -2.08. The Morgan fingerprint density at radius 2 is 2.10 bits per heavy atom. The van der Waals surface area contributed by atoms with E-state index in [1.807, 2.05) is 37.7 Å². The third kappa shape index (κ3) is 3.39. The zero-order chi connectivity index (χ0) is 14.5. The van der Waals surface area contributed by atoms with Gasteiger partial charge in [0.05, 0.1) is 5.69 Å². The van der Waals surface area contributed by atoms with Crippen LogP contribution in [0.5, 0.6) is 11.5 Å². The van der Waals surface area contributed by atoms with Crippen LogP contribution in [0.1, 0.15) is 30.3 Å². The fourth-order valence-electron chi connectivity index (χ4n) is 2.15. The number of aryl methyl sites for hydroxylation is 2. The smallest absolute Gasteiger partial charge is 0.171 e. The van der Waals surface area contributed by atoms with Gasteiger partial charge in [0.1, 0.15) is 11.4 Å². The highest BCUT2D eigenvalue weighted by atomic mass is 16.5. The Labute approximate surface area is 120 Å². The summed E-state index contributed by atoms with van der Waals surface area (Å²) in [6.07, 6.45) is 1.14. The third-order valence-corrected chi connectivity index (χ3v) is 3.32. The van der Waals surface area contributed by atoms with E-state index in [9.17, 15) is 0 Å². The molecule has 0 spiro atoms. The highest BCUT2D eigenvalue weighted by molar-refractivity contribution is 5.38. The van der Waals surface area contributed by atoms with Crippen molar-refractivity contribution in [3.63, 3.8) is 0 Å². The summed E-state index contributed by atoms with van der Waals surface area (Å²) >= 11 is 0. The van der Waals surface area contributed by atoms with Gasteiger partial charge in [-0.25, -0.2) is 0 Å². The lowest BCUT2D eigenvalue weighted by molar-refractivity contribution is 0.473. The largest absolute Gasteiger partial charge is 0.453 e. The van der Waals surface area contributed by atoms with Crippen LogP contribution in [0.3, 0.4) is 0 Å². The molecule has 1 aromatic heterocycles. The van der Waals surface area contributed by atoms with Gasteiger partial charge in [0.2, 0.25) is 0 Å². The second kappa shape index (κ2) is 6.57. The second-order valence-electron chi connectivity index (χ2n) is 5.05. The summed E-state index contributed by atoms with van der Waals surface area (Å²) in [5.74, 6) is 1.71. The molecule has 0 atom stereocenters. The molecule has 0 saturated carbocycles. The van der Waals surface area contributed by atoms with Gasteiger partial charge in [-0.3, -0.25) is 4.68 Å². The molecule has 4 nitrogen and oxygen atoms in total. The molecule has 0 aliphatic rings. The van der Waals surface area contributed by atoms with Gasteiger partial charge in [-0.05, 0) is 44.5 Å². The van der Waals surface area contributed by atoms with E-state index in [1.165, 1.54) is 5.56 Å². The van der Waals surface area contributed by atoms with Crippen LogP contribution in [0.4, 0.5) is 0 Å². The van der Waals surface area contributed by atoms with E-state index < -0.39 is 0 Å². The summed E-state index contributed by atoms with van der Waals surface area (Å²) in [4.78, 5) is 0. The fraction of sp³-hybridized carbons (Fsp3) is 0.438. The topological polar surface area (TPSA) is 39.1 Å². The van der Waals surface area contributed by atoms with Crippen molar-refractivity contribution >= 4 is 0 Å². The van der Waals surface area contributed by atoms with Crippen LogP contribution >= 0.6 is 0 Å². The quantitative estimate of drug-likeness (QED) is 0.821. The van der Waals surface area contributed by atoms with Crippen molar-refractivity contribution in [3.8, 4) is 11.5 Å². The minimum Gasteiger partial charge on any atom is -0.453 e. The number of hydrogen-bond donors (Lipinski definition) is 1. The van der Waals surface area contributed by atoms with Crippen molar-refractivity contribution < 1.29 is 4.74 Å². The van der Waals surface area contributed by atoms with E-state index in [0.29, 0.717) is 0 Å². The summed E-state index contributed by atoms with van der Waals surface area (Å²) in [6.45, 7) is 8.05. The number of rotatable bonds is 6. The highest BCUT2D eigenvalue weighted by Gasteiger charge is 2.11. The second-order valence-corrected chi connectivity index (χ2v) is 5.05. The van der Waals surface area contributed by atoms with E-state index in [4.69, 9.17) is 4.74 Å². The molecule has 0 fully saturated rings. The van der Waals surface area contributed by atoms with Crippen LogP contribution in [-0.2, 0) is 13.6 Å². The molecule has 0 bridgehead atoms. The SMILES string of the molecule is CCCNCc1cccc(Oc2c(C)nn(C)c2C)c1. The first kappa shape index (κ1) is 14.6. The van der Waals surface area contributed by atoms with Gasteiger partial charge in [0.25, 0.3) is 0 Å². The number of benzene rings is 1. The summed E-state index contributed by atoms with van der Waals surface area (Å²) in [5, 5.41) is 7.77. The van der Waals surface area contributed by atoms with Gasteiger partial charge >= 0.3 is 0 Å². The van der Waals surface area contributed by atoms with E-state index >= 15 is 0 Å². The normalized spacial score (nSPS) is 10.8. The van der Waals surface area contributed by atoms with Gasteiger partial charge < -0.3 is 10.1 Å². The predicted molar refractivity (Wildman–Crippen MR) is 81.2 cm³/mol. The molecule has 108 valence electrons. The number of ether oxygens (including phenoxy) is 1. The lowest BCUT2D eigenvalue weighted by atomic mass is 10.2. The molecule has 4 heteroatoms. The number of nitrogens with zero attached hydrogens (tertiary/aromatic N) is 2.